The van der Waals surface area contributed by atoms with E-state index in [4.69, 9.17) is 4.74 Å². The fourth-order valence-corrected chi connectivity index (χ4v) is 2.49. The van der Waals surface area contributed by atoms with E-state index in [0.29, 0.717) is 24.1 Å². The second-order valence-electron chi connectivity index (χ2n) is 5.77. The molecule has 2 rings (SSSR count). The van der Waals surface area contributed by atoms with Crippen LogP contribution in [0.15, 0.2) is 29.3 Å². The summed E-state index contributed by atoms with van der Waals surface area (Å²) in [6.07, 6.45) is 1.77. The molecule has 124 valence electrons. The van der Waals surface area contributed by atoms with Crippen LogP contribution in [0.25, 0.3) is 10.9 Å². The Labute approximate surface area is 135 Å². The highest BCUT2D eigenvalue weighted by Gasteiger charge is 2.16. The van der Waals surface area contributed by atoms with E-state index >= 15 is 0 Å². The molecule has 1 heterocycles. The number of hydrogen-bond acceptors (Lipinski definition) is 4. The van der Waals surface area contributed by atoms with Crippen molar-refractivity contribution in [3.8, 4) is 0 Å². The van der Waals surface area contributed by atoms with Gasteiger partial charge in [0.15, 0.2) is 0 Å². The number of hydrogen-bond donors (Lipinski definition) is 0. The van der Waals surface area contributed by atoms with E-state index in [2.05, 4.69) is 4.98 Å². The Morgan fingerprint density at radius 3 is 2.87 bits per heavy atom. The van der Waals surface area contributed by atoms with Gasteiger partial charge in [0.2, 0.25) is 5.91 Å². The number of rotatable bonds is 6. The lowest BCUT2D eigenvalue weighted by Gasteiger charge is -2.24. The summed E-state index contributed by atoms with van der Waals surface area (Å²) in [6.45, 7) is 4.65. The van der Waals surface area contributed by atoms with Gasteiger partial charge in [-0.3, -0.25) is 14.2 Å². The summed E-state index contributed by atoms with van der Waals surface area (Å²) in [5, 5.41) is 0.584. The second-order valence-corrected chi connectivity index (χ2v) is 5.77. The highest BCUT2D eigenvalue weighted by Crippen LogP contribution is 2.11. The molecule has 1 aromatic carbocycles. The van der Waals surface area contributed by atoms with Crippen molar-refractivity contribution in [3.05, 3.63) is 40.4 Å². The zero-order chi connectivity index (χ0) is 17.0. The minimum Gasteiger partial charge on any atom is -0.383 e. The number of aryl methyl sites for hydroxylation is 2. The molecule has 23 heavy (non-hydrogen) atoms. The largest absolute Gasteiger partial charge is 0.383 e. The molecule has 0 aliphatic heterocycles. The Hall–Kier alpha value is -2.21. The van der Waals surface area contributed by atoms with Crippen LogP contribution in [0.2, 0.25) is 0 Å². The molecule has 0 fully saturated rings. The zero-order valence-corrected chi connectivity index (χ0v) is 14.1. The van der Waals surface area contributed by atoms with Gasteiger partial charge in [-0.15, -0.1) is 0 Å². The second kappa shape index (κ2) is 7.37. The number of amides is 1. The normalized spacial score (nSPS) is 12.3. The Bertz CT molecular complexity index is 754. The molecule has 0 bridgehead atoms. The summed E-state index contributed by atoms with van der Waals surface area (Å²) in [6, 6.07) is 5.54. The maximum Gasteiger partial charge on any atom is 0.261 e. The molecule has 0 unspecified atom stereocenters. The van der Waals surface area contributed by atoms with Crippen LogP contribution in [0.4, 0.5) is 0 Å². The van der Waals surface area contributed by atoms with Gasteiger partial charge >= 0.3 is 0 Å². The third-order valence-corrected chi connectivity index (χ3v) is 4.08. The predicted molar refractivity (Wildman–Crippen MR) is 89.5 cm³/mol. The van der Waals surface area contributed by atoms with Crippen LogP contribution in [-0.2, 0) is 16.1 Å². The van der Waals surface area contributed by atoms with Gasteiger partial charge in [-0.05, 0) is 25.5 Å². The monoisotopic (exact) mass is 317 g/mol. The molecule has 1 atom stereocenters. The van der Waals surface area contributed by atoms with Crippen molar-refractivity contribution >= 4 is 16.8 Å². The van der Waals surface area contributed by atoms with E-state index in [0.717, 1.165) is 5.56 Å². The van der Waals surface area contributed by atoms with Gasteiger partial charge in [-0.2, -0.15) is 0 Å². The highest BCUT2D eigenvalue weighted by atomic mass is 16.5. The first-order valence-corrected chi connectivity index (χ1v) is 7.65. The molecule has 6 heteroatoms. The van der Waals surface area contributed by atoms with Gasteiger partial charge in [-0.1, -0.05) is 12.1 Å². The highest BCUT2D eigenvalue weighted by molar-refractivity contribution is 5.80. The van der Waals surface area contributed by atoms with Crippen molar-refractivity contribution in [2.45, 2.75) is 32.9 Å². The van der Waals surface area contributed by atoms with Crippen LogP contribution in [0.1, 0.15) is 18.9 Å². The molecule has 0 aliphatic carbocycles. The number of ether oxygens (including phenoxy) is 1. The SMILES string of the molecule is COC[C@@H](C)N(C)C(=O)CCn1cnc2c(C)cccc2c1=O. The van der Waals surface area contributed by atoms with E-state index in [1.807, 2.05) is 26.0 Å². The molecule has 1 aromatic heterocycles. The number of benzene rings is 1. The standard InChI is InChI=1S/C17H23N3O3/c1-12-6-5-7-14-16(12)18-11-20(17(14)22)9-8-15(21)19(3)13(2)10-23-4/h5-7,11,13H,8-10H2,1-4H3/t13-/m1/s1. The van der Waals surface area contributed by atoms with Gasteiger partial charge in [0, 0.05) is 27.1 Å². The first kappa shape index (κ1) is 17.1. The van der Waals surface area contributed by atoms with Crippen LogP contribution in [-0.4, -0.2) is 47.2 Å². The van der Waals surface area contributed by atoms with Crippen LogP contribution < -0.4 is 5.56 Å². The molecule has 0 N–H and O–H groups in total. The number of carbonyl (C=O) groups is 1. The number of fused-ring (bicyclic) bond motifs is 1. The van der Waals surface area contributed by atoms with Gasteiger partial charge in [0.1, 0.15) is 0 Å². The summed E-state index contributed by atoms with van der Waals surface area (Å²) >= 11 is 0. The van der Waals surface area contributed by atoms with E-state index in [-0.39, 0.29) is 23.9 Å². The topological polar surface area (TPSA) is 64.4 Å². The van der Waals surface area contributed by atoms with Crippen LogP contribution in [0.3, 0.4) is 0 Å². The van der Waals surface area contributed by atoms with Crippen molar-refractivity contribution in [1.82, 2.24) is 14.5 Å². The maximum absolute atomic E-state index is 12.5. The molecule has 2 aromatic rings. The number of methoxy groups -OCH3 is 1. The minimum atomic E-state index is -0.112. The molecule has 1 amide bonds. The molecule has 0 saturated carbocycles. The molecule has 6 nitrogen and oxygen atoms in total. The van der Waals surface area contributed by atoms with Crippen molar-refractivity contribution in [2.75, 3.05) is 20.8 Å². The van der Waals surface area contributed by atoms with Gasteiger partial charge in [-0.25, -0.2) is 4.98 Å². The Balaban J connectivity index is 2.12. The first-order valence-electron chi connectivity index (χ1n) is 7.65. The van der Waals surface area contributed by atoms with E-state index < -0.39 is 0 Å². The summed E-state index contributed by atoms with van der Waals surface area (Å²) in [5.74, 6) is -0.0224. The maximum atomic E-state index is 12.5. The summed E-state index contributed by atoms with van der Waals surface area (Å²) < 4.78 is 6.55. The summed E-state index contributed by atoms with van der Waals surface area (Å²) in [4.78, 5) is 30.7. The average molecular weight is 317 g/mol. The van der Waals surface area contributed by atoms with Crippen molar-refractivity contribution in [3.63, 3.8) is 0 Å². The number of nitrogens with zero attached hydrogens (tertiary/aromatic N) is 3. The van der Waals surface area contributed by atoms with Crippen molar-refractivity contribution in [2.24, 2.45) is 0 Å². The lowest BCUT2D eigenvalue weighted by molar-refractivity contribution is -0.132. The summed E-state index contributed by atoms with van der Waals surface area (Å²) in [7, 11) is 3.36. The average Bonchev–Trinajstić information content (AvgIpc) is 2.54. The lowest BCUT2D eigenvalue weighted by atomic mass is 10.1. The van der Waals surface area contributed by atoms with Gasteiger partial charge in [0.25, 0.3) is 5.56 Å². The van der Waals surface area contributed by atoms with Crippen molar-refractivity contribution < 1.29 is 9.53 Å². The quantitative estimate of drug-likeness (QED) is 0.811. The minimum absolute atomic E-state index is 0.00148. The molecule has 0 saturated heterocycles. The van der Waals surface area contributed by atoms with Crippen LogP contribution >= 0.6 is 0 Å². The fraction of sp³-hybridized carbons (Fsp3) is 0.471. The number of para-hydroxylation sites is 1. The fourth-order valence-electron chi connectivity index (χ4n) is 2.49. The first-order chi connectivity index (χ1) is 11.0. The van der Waals surface area contributed by atoms with E-state index in [1.165, 1.54) is 10.9 Å². The number of aromatic nitrogens is 2. The smallest absolute Gasteiger partial charge is 0.261 e. The zero-order valence-electron chi connectivity index (χ0n) is 14.1. The van der Waals surface area contributed by atoms with Crippen LogP contribution in [0, 0.1) is 6.92 Å². The number of carbonyl (C=O) groups excluding carboxylic acids is 1. The molecule has 0 spiro atoms. The molecule has 0 aliphatic rings. The predicted octanol–water partition coefficient (Wildman–Crippen LogP) is 1.59. The Morgan fingerprint density at radius 2 is 2.17 bits per heavy atom. The van der Waals surface area contributed by atoms with E-state index in [1.54, 1.807) is 25.1 Å². The third kappa shape index (κ3) is 3.76. The van der Waals surface area contributed by atoms with Crippen molar-refractivity contribution in [1.29, 1.82) is 0 Å². The van der Waals surface area contributed by atoms with Gasteiger partial charge < -0.3 is 9.64 Å². The molecular weight excluding hydrogens is 294 g/mol. The Morgan fingerprint density at radius 1 is 1.43 bits per heavy atom. The van der Waals surface area contributed by atoms with Gasteiger partial charge in [0.05, 0.1) is 29.9 Å². The number of likely N-dealkylation sites (N-methyl/N-ethyl adjacent to an activating group) is 1. The van der Waals surface area contributed by atoms with Crippen LogP contribution in [0.5, 0.6) is 0 Å². The molecule has 0 radical (unpaired) electrons. The molecular formula is C17H23N3O3. The Kier molecular flexibility index (Phi) is 5.50. The summed E-state index contributed by atoms with van der Waals surface area (Å²) in [5.41, 5.74) is 1.57. The van der Waals surface area contributed by atoms with E-state index in [9.17, 15) is 9.59 Å². The third-order valence-electron chi connectivity index (χ3n) is 4.08. The lowest BCUT2D eigenvalue weighted by Crippen LogP contribution is -2.38.